The first-order valence-electron chi connectivity index (χ1n) is 3.85. The van der Waals surface area contributed by atoms with Gasteiger partial charge in [-0.2, -0.15) is 0 Å². The molecule has 1 N–H and O–H groups in total. The number of hydrogen-bond donors (Lipinski definition) is 1. The van der Waals surface area contributed by atoms with Crippen molar-refractivity contribution >= 4 is 23.2 Å². The minimum atomic E-state index is 0.650. The first-order valence-corrected chi connectivity index (χ1v) is 4.61. The third kappa shape index (κ3) is 1.87. The van der Waals surface area contributed by atoms with Crippen molar-refractivity contribution in [1.82, 2.24) is 4.98 Å². The molecule has 1 aromatic heterocycles. The fourth-order valence-corrected chi connectivity index (χ4v) is 1.75. The smallest absolute Gasteiger partial charge is 0.0454 e. The third-order valence-corrected chi connectivity index (χ3v) is 2.21. The Balaban J connectivity index is 2.53. The Hall–Kier alpha value is -0.920. The van der Waals surface area contributed by atoms with E-state index < -0.39 is 0 Å². The van der Waals surface area contributed by atoms with Crippen LogP contribution >= 0.6 is 23.2 Å². The number of nitrogens with one attached hydrogen (secondary N) is 1. The number of aromatic nitrogens is 1. The Morgan fingerprint density at radius 1 is 1.00 bits per heavy atom. The van der Waals surface area contributed by atoms with Crippen molar-refractivity contribution in [3.8, 4) is 11.3 Å². The molecule has 0 spiro atoms. The lowest BCUT2D eigenvalue weighted by Crippen LogP contribution is -1.77. The van der Waals surface area contributed by atoms with E-state index in [1.807, 2.05) is 30.5 Å². The van der Waals surface area contributed by atoms with Crippen LogP contribution in [0.3, 0.4) is 0 Å². The molecule has 0 aliphatic rings. The van der Waals surface area contributed by atoms with E-state index in [4.69, 9.17) is 23.2 Å². The van der Waals surface area contributed by atoms with Crippen LogP contribution in [0.25, 0.3) is 11.3 Å². The zero-order valence-electron chi connectivity index (χ0n) is 6.72. The molecule has 13 heavy (non-hydrogen) atoms. The summed E-state index contributed by atoms with van der Waals surface area (Å²) in [6, 6.07) is 9.38. The highest BCUT2D eigenvalue weighted by atomic mass is 35.5. The molecule has 1 aromatic carbocycles. The number of halogens is 2. The molecule has 1 heterocycles. The number of aromatic amines is 1. The second-order valence-electron chi connectivity index (χ2n) is 2.74. The summed E-state index contributed by atoms with van der Waals surface area (Å²) in [5.74, 6) is 0. The van der Waals surface area contributed by atoms with Gasteiger partial charge in [-0.3, -0.25) is 0 Å². The summed E-state index contributed by atoms with van der Waals surface area (Å²) in [5.41, 5.74) is 2.02. The van der Waals surface area contributed by atoms with Crippen molar-refractivity contribution in [2.75, 3.05) is 0 Å². The lowest BCUT2D eigenvalue weighted by molar-refractivity contribution is 1.40. The Kier molecular flexibility index (Phi) is 2.30. The molecule has 0 saturated heterocycles. The molecule has 2 rings (SSSR count). The number of rotatable bonds is 1. The first kappa shape index (κ1) is 8.67. The zero-order chi connectivity index (χ0) is 9.26. The molecule has 0 amide bonds. The van der Waals surface area contributed by atoms with E-state index in [1.54, 1.807) is 6.07 Å². The zero-order valence-corrected chi connectivity index (χ0v) is 8.23. The highest BCUT2D eigenvalue weighted by Gasteiger charge is 2.00. The average Bonchev–Trinajstić information content (AvgIpc) is 2.53. The molecule has 0 atom stereocenters. The van der Waals surface area contributed by atoms with Crippen LogP contribution in [0.1, 0.15) is 0 Å². The Labute approximate surface area is 86.3 Å². The number of H-pyrrole nitrogens is 1. The number of benzene rings is 1. The molecule has 1 nitrogen and oxygen atoms in total. The van der Waals surface area contributed by atoms with Crippen LogP contribution in [0.5, 0.6) is 0 Å². The maximum absolute atomic E-state index is 5.87. The standard InChI is InChI=1S/C10H7Cl2N/c11-8-4-7(5-9(12)6-8)10-2-1-3-13-10/h1-6,13H. The van der Waals surface area contributed by atoms with Gasteiger partial charge in [0, 0.05) is 27.5 Å². The fraction of sp³-hybridized carbons (Fsp3) is 0. The van der Waals surface area contributed by atoms with Gasteiger partial charge in [0.25, 0.3) is 0 Å². The Bertz CT molecular complexity index is 387. The van der Waals surface area contributed by atoms with Crippen LogP contribution in [0.4, 0.5) is 0 Å². The molecule has 2 aromatic rings. The predicted molar refractivity (Wildman–Crippen MR) is 56.2 cm³/mol. The van der Waals surface area contributed by atoms with Gasteiger partial charge in [-0.1, -0.05) is 23.2 Å². The van der Waals surface area contributed by atoms with Crippen molar-refractivity contribution < 1.29 is 0 Å². The molecule has 0 unspecified atom stereocenters. The molecule has 0 fully saturated rings. The first-order chi connectivity index (χ1) is 6.25. The summed E-state index contributed by atoms with van der Waals surface area (Å²) in [4.78, 5) is 3.09. The van der Waals surface area contributed by atoms with E-state index in [0.717, 1.165) is 11.3 Å². The average molecular weight is 212 g/mol. The van der Waals surface area contributed by atoms with Crippen LogP contribution in [0, 0.1) is 0 Å². The monoisotopic (exact) mass is 211 g/mol. The van der Waals surface area contributed by atoms with Gasteiger partial charge in [-0.05, 0) is 30.3 Å². The fourth-order valence-electron chi connectivity index (χ4n) is 1.22. The summed E-state index contributed by atoms with van der Waals surface area (Å²) in [6.45, 7) is 0. The maximum Gasteiger partial charge on any atom is 0.0454 e. The normalized spacial score (nSPS) is 10.3. The minimum absolute atomic E-state index is 0.650. The van der Waals surface area contributed by atoms with Gasteiger partial charge in [0.15, 0.2) is 0 Å². The second kappa shape index (κ2) is 3.44. The minimum Gasteiger partial charge on any atom is -0.361 e. The Morgan fingerprint density at radius 3 is 2.23 bits per heavy atom. The Morgan fingerprint density at radius 2 is 1.69 bits per heavy atom. The van der Waals surface area contributed by atoms with Crippen LogP contribution in [0.2, 0.25) is 10.0 Å². The number of hydrogen-bond acceptors (Lipinski definition) is 0. The summed E-state index contributed by atoms with van der Waals surface area (Å²) < 4.78 is 0. The third-order valence-electron chi connectivity index (χ3n) is 1.77. The van der Waals surface area contributed by atoms with E-state index in [2.05, 4.69) is 4.98 Å². The van der Waals surface area contributed by atoms with Crippen LogP contribution < -0.4 is 0 Å². The largest absolute Gasteiger partial charge is 0.361 e. The van der Waals surface area contributed by atoms with Crippen LogP contribution in [0.15, 0.2) is 36.5 Å². The van der Waals surface area contributed by atoms with E-state index in [1.165, 1.54) is 0 Å². The van der Waals surface area contributed by atoms with Gasteiger partial charge in [-0.15, -0.1) is 0 Å². The lowest BCUT2D eigenvalue weighted by atomic mass is 10.2. The lowest BCUT2D eigenvalue weighted by Gasteiger charge is -1.99. The highest BCUT2D eigenvalue weighted by Crippen LogP contribution is 2.25. The van der Waals surface area contributed by atoms with E-state index in [9.17, 15) is 0 Å². The van der Waals surface area contributed by atoms with E-state index >= 15 is 0 Å². The molecule has 0 aliphatic heterocycles. The molecular weight excluding hydrogens is 205 g/mol. The van der Waals surface area contributed by atoms with Crippen molar-refractivity contribution in [2.24, 2.45) is 0 Å². The molecule has 0 aliphatic carbocycles. The van der Waals surface area contributed by atoms with Gasteiger partial charge in [0.05, 0.1) is 0 Å². The molecule has 3 heteroatoms. The molecule has 0 saturated carbocycles. The molecule has 0 radical (unpaired) electrons. The van der Waals surface area contributed by atoms with Gasteiger partial charge < -0.3 is 4.98 Å². The van der Waals surface area contributed by atoms with Crippen molar-refractivity contribution in [2.45, 2.75) is 0 Å². The summed E-state index contributed by atoms with van der Waals surface area (Å²) >= 11 is 11.7. The quantitative estimate of drug-likeness (QED) is 0.735. The predicted octanol–water partition coefficient (Wildman–Crippen LogP) is 3.99. The van der Waals surface area contributed by atoms with E-state index in [0.29, 0.717) is 10.0 Å². The van der Waals surface area contributed by atoms with Crippen molar-refractivity contribution in [3.63, 3.8) is 0 Å². The second-order valence-corrected chi connectivity index (χ2v) is 3.61. The highest BCUT2D eigenvalue weighted by molar-refractivity contribution is 6.35. The molecular formula is C10H7Cl2N. The van der Waals surface area contributed by atoms with Gasteiger partial charge in [-0.25, -0.2) is 0 Å². The molecule has 66 valence electrons. The SMILES string of the molecule is Clc1cc(Cl)cc(-c2ccc[nH]2)c1. The van der Waals surface area contributed by atoms with E-state index in [-0.39, 0.29) is 0 Å². The molecule has 0 bridgehead atoms. The van der Waals surface area contributed by atoms with Crippen LogP contribution in [-0.2, 0) is 0 Å². The maximum atomic E-state index is 5.87. The van der Waals surface area contributed by atoms with Crippen LogP contribution in [-0.4, -0.2) is 4.98 Å². The van der Waals surface area contributed by atoms with Gasteiger partial charge >= 0.3 is 0 Å². The summed E-state index contributed by atoms with van der Waals surface area (Å²) in [6.07, 6.45) is 1.87. The van der Waals surface area contributed by atoms with Crippen molar-refractivity contribution in [1.29, 1.82) is 0 Å². The summed E-state index contributed by atoms with van der Waals surface area (Å²) in [7, 11) is 0. The van der Waals surface area contributed by atoms with Gasteiger partial charge in [0.1, 0.15) is 0 Å². The topological polar surface area (TPSA) is 15.8 Å². The summed E-state index contributed by atoms with van der Waals surface area (Å²) in [5, 5.41) is 1.30. The van der Waals surface area contributed by atoms with Crippen molar-refractivity contribution in [3.05, 3.63) is 46.6 Å². The van der Waals surface area contributed by atoms with Gasteiger partial charge in [0.2, 0.25) is 0 Å².